The van der Waals surface area contributed by atoms with Crippen LogP contribution < -0.4 is 0 Å². The summed E-state index contributed by atoms with van der Waals surface area (Å²) in [6.45, 7) is 0.305. The standard InChI is InChI=1S/C17H17NO4/c1-22-14-9-15(17(20)21)18(10-14)16(19)13-7-6-11-4-2-3-5-12(11)8-13/h2-8,14-15H,9-10H2,1H3,(H,20,21). The molecule has 2 unspecified atom stereocenters. The van der Waals surface area contributed by atoms with Crippen molar-refractivity contribution in [2.45, 2.75) is 18.6 Å². The molecule has 0 aromatic heterocycles. The summed E-state index contributed by atoms with van der Waals surface area (Å²) >= 11 is 0. The van der Waals surface area contributed by atoms with Crippen LogP contribution in [0.4, 0.5) is 0 Å². The SMILES string of the molecule is COC1CC(C(=O)O)N(C(=O)c2ccc3ccccc3c2)C1. The summed E-state index contributed by atoms with van der Waals surface area (Å²) in [6, 6.07) is 12.3. The van der Waals surface area contributed by atoms with Gasteiger partial charge in [0.25, 0.3) is 5.91 Å². The average molecular weight is 299 g/mol. The molecule has 1 N–H and O–H groups in total. The fourth-order valence-electron chi connectivity index (χ4n) is 2.91. The molecule has 0 saturated carbocycles. The zero-order valence-corrected chi connectivity index (χ0v) is 12.2. The highest BCUT2D eigenvalue weighted by Crippen LogP contribution is 2.24. The number of carbonyl (C=O) groups is 2. The Kier molecular flexibility index (Phi) is 3.81. The number of carbonyl (C=O) groups excluding carboxylic acids is 1. The number of hydrogen-bond acceptors (Lipinski definition) is 3. The molecule has 0 spiro atoms. The lowest BCUT2D eigenvalue weighted by Gasteiger charge is -2.21. The number of carboxylic acids is 1. The minimum atomic E-state index is -0.992. The summed E-state index contributed by atoms with van der Waals surface area (Å²) in [5, 5.41) is 11.3. The summed E-state index contributed by atoms with van der Waals surface area (Å²) in [6.07, 6.45) is 0.0935. The van der Waals surface area contributed by atoms with Crippen LogP contribution in [0.5, 0.6) is 0 Å². The number of carboxylic acid groups (broad SMARTS) is 1. The van der Waals surface area contributed by atoms with E-state index in [1.54, 1.807) is 12.1 Å². The molecule has 1 amide bonds. The van der Waals surface area contributed by atoms with E-state index in [9.17, 15) is 14.7 Å². The molecule has 1 heterocycles. The van der Waals surface area contributed by atoms with Crippen LogP contribution >= 0.6 is 0 Å². The number of amides is 1. The number of benzene rings is 2. The van der Waals surface area contributed by atoms with E-state index < -0.39 is 12.0 Å². The van der Waals surface area contributed by atoms with E-state index in [4.69, 9.17) is 4.74 Å². The summed E-state index contributed by atoms with van der Waals surface area (Å²) in [5.41, 5.74) is 0.502. The zero-order chi connectivity index (χ0) is 15.7. The molecule has 1 aliphatic rings. The molecule has 3 rings (SSSR count). The Hall–Kier alpha value is -2.40. The fourth-order valence-corrected chi connectivity index (χ4v) is 2.91. The fraction of sp³-hybridized carbons (Fsp3) is 0.294. The number of aliphatic carboxylic acids is 1. The Labute approximate surface area is 128 Å². The Morgan fingerprint density at radius 3 is 2.59 bits per heavy atom. The molecule has 2 aromatic carbocycles. The molecule has 5 nitrogen and oxygen atoms in total. The van der Waals surface area contributed by atoms with Crippen molar-refractivity contribution in [3.05, 3.63) is 48.0 Å². The van der Waals surface area contributed by atoms with Crippen molar-refractivity contribution < 1.29 is 19.4 Å². The quantitative estimate of drug-likeness (QED) is 0.943. The minimum Gasteiger partial charge on any atom is -0.480 e. The molecule has 1 aliphatic heterocycles. The molecule has 0 bridgehead atoms. The van der Waals surface area contributed by atoms with Crippen molar-refractivity contribution in [3.8, 4) is 0 Å². The largest absolute Gasteiger partial charge is 0.480 e. The second-order valence-electron chi connectivity index (χ2n) is 5.47. The number of hydrogen-bond donors (Lipinski definition) is 1. The summed E-state index contributed by atoms with van der Waals surface area (Å²) < 4.78 is 5.22. The first-order chi connectivity index (χ1) is 10.6. The minimum absolute atomic E-state index is 0.231. The van der Waals surface area contributed by atoms with Crippen molar-refractivity contribution in [3.63, 3.8) is 0 Å². The molecule has 5 heteroatoms. The molecule has 1 fully saturated rings. The van der Waals surface area contributed by atoms with Crippen LogP contribution in [-0.2, 0) is 9.53 Å². The van der Waals surface area contributed by atoms with Crippen molar-refractivity contribution in [2.75, 3.05) is 13.7 Å². The lowest BCUT2D eigenvalue weighted by atomic mass is 10.1. The molecular formula is C17H17NO4. The summed E-state index contributed by atoms with van der Waals surface area (Å²) in [7, 11) is 1.54. The van der Waals surface area contributed by atoms with Crippen LogP contribution in [0.25, 0.3) is 10.8 Å². The van der Waals surface area contributed by atoms with Crippen molar-refractivity contribution in [2.24, 2.45) is 0 Å². The van der Waals surface area contributed by atoms with Crippen LogP contribution in [0.2, 0.25) is 0 Å². The maximum atomic E-state index is 12.7. The third kappa shape index (κ3) is 2.55. The smallest absolute Gasteiger partial charge is 0.326 e. The zero-order valence-electron chi connectivity index (χ0n) is 12.2. The van der Waals surface area contributed by atoms with Gasteiger partial charge in [-0.1, -0.05) is 30.3 Å². The van der Waals surface area contributed by atoms with Crippen LogP contribution in [-0.4, -0.2) is 47.7 Å². The monoisotopic (exact) mass is 299 g/mol. The molecular weight excluding hydrogens is 282 g/mol. The van der Waals surface area contributed by atoms with Crippen LogP contribution in [0.3, 0.4) is 0 Å². The van der Waals surface area contributed by atoms with E-state index >= 15 is 0 Å². The van der Waals surface area contributed by atoms with Gasteiger partial charge in [-0.2, -0.15) is 0 Å². The molecule has 22 heavy (non-hydrogen) atoms. The molecule has 0 radical (unpaired) electrons. The number of methoxy groups -OCH3 is 1. The Balaban J connectivity index is 1.92. The van der Waals surface area contributed by atoms with Gasteiger partial charge in [0.1, 0.15) is 6.04 Å². The van der Waals surface area contributed by atoms with Gasteiger partial charge in [-0.25, -0.2) is 4.79 Å². The van der Waals surface area contributed by atoms with Crippen molar-refractivity contribution in [1.29, 1.82) is 0 Å². The predicted molar refractivity (Wildman–Crippen MR) is 81.8 cm³/mol. The van der Waals surface area contributed by atoms with Gasteiger partial charge in [0.05, 0.1) is 6.10 Å². The second kappa shape index (κ2) is 5.77. The summed E-state index contributed by atoms with van der Waals surface area (Å²) in [5.74, 6) is -1.26. The highest BCUT2D eigenvalue weighted by molar-refractivity contribution is 6.00. The van der Waals surface area contributed by atoms with E-state index in [0.717, 1.165) is 10.8 Å². The van der Waals surface area contributed by atoms with E-state index in [-0.39, 0.29) is 12.0 Å². The number of fused-ring (bicyclic) bond motifs is 1. The van der Waals surface area contributed by atoms with Gasteiger partial charge in [-0.3, -0.25) is 4.79 Å². The van der Waals surface area contributed by atoms with Crippen LogP contribution in [0.1, 0.15) is 16.8 Å². The van der Waals surface area contributed by atoms with E-state index in [1.807, 2.05) is 30.3 Å². The molecule has 114 valence electrons. The highest BCUT2D eigenvalue weighted by atomic mass is 16.5. The number of rotatable bonds is 3. The third-order valence-electron chi connectivity index (χ3n) is 4.14. The van der Waals surface area contributed by atoms with Gasteiger partial charge in [0.15, 0.2) is 0 Å². The Morgan fingerprint density at radius 1 is 1.18 bits per heavy atom. The first-order valence-electron chi connectivity index (χ1n) is 7.15. The van der Waals surface area contributed by atoms with Gasteiger partial charge in [0, 0.05) is 25.6 Å². The molecule has 1 saturated heterocycles. The van der Waals surface area contributed by atoms with E-state index in [2.05, 4.69) is 0 Å². The maximum absolute atomic E-state index is 12.7. The van der Waals surface area contributed by atoms with Gasteiger partial charge >= 0.3 is 5.97 Å². The average Bonchev–Trinajstić information content (AvgIpc) is 2.98. The van der Waals surface area contributed by atoms with Gasteiger partial charge in [-0.15, -0.1) is 0 Å². The maximum Gasteiger partial charge on any atom is 0.326 e. The molecule has 2 atom stereocenters. The van der Waals surface area contributed by atoms with Gasteiger partial charge in [0.2, 0.25) is 0 Å². The van der Waals surface area contributed by atoms with Crippen LogP contribution in [0, 0.1) is 0 Å². The predicted octanol–water partition coefficient (Wildman–Crippen LogP) is 2.15. The summed E-state index contributed by atoms with van der Waals surface area (Å²) in [4.78, 5) is 25.4. The Bertz CT molecular complexity index is 727. The number of ether oxygens (including phenoxy) is 1. The van der Waals surface area contributed by atoms with Crippen LogP contribution in [0.15, 0.2) is 42.5 Å². The number of likely N-dealkylation sites (tertiary alicyclic amines) is 1. The van der Waals surface area contributed by atoms with E-state index in [1.165, 1.54) is 12.0 Å². The van der Waals surface area contributed by atoms with Gasteiger partial charge in [-0.05, 0) is 22.9 Å². The lowest BCUT2D eigenvalue weighted by Crippen LogP contribution is -2.40. The molecule has 0 aliphatic carbocycles. The normalized spacial score (nSPS) is 21.2. The van der Waals surface area contributed by atoms with Crippen molar-refractivity contribution >= 4 is 22.6 Å². The third-order valence-corrected chi connectivity index (χ3v) is 4.14. The highest BCUT2D eigenvalue weighted by Gasteiger charge is 2.40. The lowest BCUT2D eigenvalue weighted by molar-refractivity contribution is -0.141. The Morgan fingerprint density at radius 2 is 1.91 bits per heavy atom. The van der Waals surface area contributed by atoms with Crippen molar-refractivity contribution in [1.82, 2.24) is 4.90 Å². The van der Waals surface area contributed by atoms with Gasteiger partial charge < -0.3 is 14.7 Å². The second-order valence-corrected chi connectivity index (χ2v) is 5.47. The van der Waals surface area contributed by atoms with E-state index in [0.29, 0.717) is 18.5 Å². The topological polar surface area (TPSA) is 66.8 Å². The molecule has 2 aromatic rings. The number of nitrogens with zero attached hydrogens (tertiary/aromatic N) is 1. The first kappa shape index (κ1) is 14.5. The first-order valence-corrected chi connectivity index (χ1v) is 7.15.